The lowest BCUT2D eigenvalue weighted by Crippen LogP contribution is -2.27. The molecule has 0 aliphatic heterocycles. The third kappa shape index (κ3) is 7.29. The minimum atomic E-state index is -2.88. The van der Waals surface area contributed by atoms with Gasteiger partial charge in [-0.2, -0.15) is 4.36 Å². The van der Waals surface area contributed by atoms with Crippen LogP contribution in [0.4, 0.5) is 10.5 Å². The van der Waals surface area contributed by atoms with Crippen LogP contribution in [0.5, 0.6) is 0 Å². The number of benzene rings is 2. The first kappa shape index (κ1) is 24.7. The largest absolute Gasteiger partial charge is 0.444 e. The Kier molecular flexibility index (Phi) is 7.49. The van der Waals surface area contributed by atoms with E-state index in [4.69, 9.17) is 4.74 Å². The second-order valence-electron chi connectivity index (χ2n) is 8.43. The number of hydrogen-bond acceptors (Lipinski definition) is 5. The maximum absolute atomic E-state index is 12.9. The van der Waals surface area contributed by atoms with Crippen molar-refractivity contribution in [1.82, 2.24) is 4.98 Å². The summed E-state index contributed by atoms with van der Waals surface area (Å²) in [6.07, 6.45) is 3.79. The minimum Gasteiger partial charge on any atom is -0.444 e. The zero-order valence-corrected chi connectivity index (χ0v) is 20.2. The van der Waals surface area contributed by atoms with Crippen molar-refractivity contribution in [3.8, 4) is 11.8 Å². The molecule has 7 nitrogen and oxygen atoms in total. The van der Waals surface area contributed by atoms with E-state index in [9.17, 15) is 13.8 Å². The molecule has 0 spiro atoms. The van der Waals surface area contributed by atoms with Crippen molar-refractivity contribution >= 4 is 27.4 Å². The summed E-state index contributed by atoms with van der Waals surface area (Å²) in [5, 5.41) is 2.66. The van der Waals surface area contributed by atoms with Gasteiger partial charge in [0.15, 0.2) is 0 Å². The molecule has 0 fully saturated rings. The molecule has 3 aromatic rings. The van der Waals surface area contributed by atoms with E-state index in [1.807, 2.05) is 0 Å². The summed E-state index contributed by atoms with van der Waals surface area (Å²) < 4.78 is 22.0. The van der Waals surface area contributed by atoms with E-state index in [0.29, 0.717) is 21.7 Å². The molecule has 2 amide bonds. The van der Waals surface area contributed by atoms with Crippen LogP contribution in [0.15, 0.2) is 82.3 Å². The van der Waals surface area contributed by atoms with Gasteiger partial charge in [0.2, 0.25) is 0 Å². The summed E-state index contributed by atoms with van der Waals surface area (Å²) in [5.74, 6) is 5.32. The topological polar surface area (TPSA) is 97.7 Å². The first-order valence-corrected chi connectivity index (χ1v) is 12.3. The molecule has 3 rings (SSSR count). The molecule has 0 radical (unpaired) electrons. The van der Waals surface area contributed by atoms with Crippen molar-refractivity contribution in [2.24, 2.45) is 4.36 Å². The van der Waals surface area contributed by atoms with E-state index in [2.05, 4.69) is 26.5 Å². The average Bonchev–Trinajstić information content (AvgIpc) is 2.78. The summed E-state index contributed by atoms with van der Waals surface area (Å²) in [4.78, 5) is 29.0. The molecule has 8 heteroatoms. The van der Waals surface area contributed by atoms with Gasteiger partial charge in [-0.3, -0.25) is 15.1 Å². The smallest absolute Gasteiger partial charge is 0.412 e. The Morgan fingerprint density at radius 3 is 2.26 bits per heavy atom. The molecule has 1 N–H and O–H groups in total. The SMILES string of the molecule is CC(C)(C)OC(=O)Nc1ccc(C#Cc2cncc(C(=O)N=S(C)(=O)c3ccccc3)c2)cc1. The van der Waals surface area contributed by atoms with Gasteiger partial charge >= 0.3 is 6.09 Å². The van der Waals surface area contributed by atoms with Crippen molar-refractivity contribution in [1.29, 1.82) is 0 Å². The molecular weight excluding hydrogens is 450 g/mol. The number of hydrogen-bond donors (Lipinski definition) is 1. The highest BCUT2D eigenvalue weighted by molar-refractivity contribution is 7.93. The fraction of sp³-hybridized carbons (Fsp3) is 0.192. The number of carbonyl (C=O) groups excluding carboxylic acids is 2. The molecule has 0 bridgehead atoms. The molecule has 1 unspecified atom stereocenters. The van der Waals surface area contributed by atoms with Crippen molar-refractivity contribution in [3.05, 3.63) is 89.7 Å². The number of anilines is 1. The molecule has 1 aromatic heterocycles. The average molecular weight is 476 g/mol. The van der Waals surface area contributed by atoms with E-state index in [0.717, 1.165) is 0 Å². The molecule has 0 aliphatic rings. The lowest BCUT2D eigenvalue weighted by Gasteiger charge is -2.19. The van der Waals surface area contributed by atoms with Crippen LogP contribution in [0, 0.1) is 11.8 Å². The number of rotatable bonds is 3. The Morgan fingerprint density at radius 2 is 1.62 bits per heavy atom. The highest BCUT2D eigenvalue weighted by Gasteiger charge is 2.16. The fourth-order valence-electron chi connectivity index (χ4n) is 2.76. The summed E-state index contributed by atoms with van der Waals surface area (Å²) in [6, 6.07) is 17.1. The number of carbonyl (C=O) groups is 2. The van der Waals surface area contributed by atoms with Crippen LogP contribution < -0.4 is 5.32 Å². The van der Waals surface area contributed by atoms with Gasteiger partial charge in [0.05, 0.1) is 15.3 Å². The maximum atomic E-state index is 12.9. The Morgan fingerprint density at radius 1 is 0.971 bits per heavy atom. The number of ether oxygens (including phenoxy) is 1. The second kappa shape index (κ2) is 10.3. The predicted molar refractivity (Wildman–Crippen MR) is 132 cm³/mol. The van der Waals surface area contributed by atoms with E-state index >= 15 is 0 Å². The molecule has 1 heterocycles. The van der Waals surface area contributed by atoms with Crippen molar-refractivity contribution in [2.75, 3.05) is 11.6 Å². The van der Waals surface area contributed by atoms with E-state index in [1.54, 1.807) is 81.4 Å². The molecule has 2 aromatic carbocycles. The number of amides is 2. The van der Waals surface area contributed by atoms with Gasteiger partial charge in [-0.15, -0.1) is 0 Å². The summed E-state index contributed by atoms with van der Waals surface area (Å²) in [7, 11) is -2.88. The van der Waals surface area contributed by atoms with Gasteiger partial charge in [0, 0.05) is 40.4 Å². The van der Waals surface area contributed by atoms with Crippen LogP contribution in [0.2, 0.25) is 0 Å². The van der Waals surface area contributed by atoms with Crippen molar-refractivity contribution in [3.63, 3.8) is 0 Å². The van der Waals surface area contributed by atoms with Crippen molar-refractivity contribution < 1.29 is 18.5 Å². The van der Waals surface area contributed by atoms with E-state index in [-0.39, 0.29) is 5.56 Å². The first-order valence-electron chi connectivity index (χ1n) is 10.4. The quantitative estimate of drug-likeness (QED) is 0.530. The van der Waals surface area contributed by atoms with Crippen LogP contribution in [0.3, 0.4) is 0 Å². The van der Waals surface area contributed by atoms with Gasteiger partial charge in [-0.1, -0.05) is 30.0 Å². The lowest BCUT2D eigenvalue weighted by molar-refractivity contribution is 0.0635. The molecule has 0 saturated heterocycles. The van der Waals surface area contributed by atoms with Gasteiger partial charge < -0.3 is 4.74 Å². The third-order valence-electron chi connectivity index (χ3n) is 4.30. The van der Waals surface area contributed by atoms with Gasteiger partial charge in [0.1, 0.15) is 5.60 Å². The van der Waals surface area contributed by atoms with Crippen LogP contribution >= 0.6 is 0 Å². The van der Waals surface area contributed by atoms with E-state index in [1.165, 1.54) is 18.6 Å². The fourth-order valence-corrected chi connectivity index (χ4v) is 3.95. The zero-order chi connectivity index (χ0) is 24.8. The van der Waals surface area contributed by atoms with Crippen LogP contribution in [-0.4, -0.2) is 33.1 Å². The molecule has 1 atom stereocenters. The summed E-state index contributed by atoms with van der Waals surface area (Å²) >= 11 is 0. The number of nitrogens with one attached hydrogen (secondary N) is 1. The van der Waals surface area contributed by atoms with Crippen LogP contribution in [0.1, 0.15) is 42.3 Å². The highest BCUT2D eigenvalue weighted by Crippen LogP contribution is 2.14. The summed E-state index contributed by atoms with van der Waals surface area (Å²) in [5.41, 5.74) is 1.42. The Labute approximate surface area is 199 Å². The minimum absolute atomic E-state index is 0.203. The Balaban J connectivity index is 1.72. The standard InChI is InChI=1S/C26H25N3O4S/c1-26(2,3)33-25(31)28-22-14-12-19(13-15-22)10-11-20-16-21(18-27-17-20)24(30)29-34(4,32)23-8-6-5-7-9-23/h5-9,12-18H,1-4H3,(H,28,31). The maximum Gasteiger partial charge on any atom is 0.412 e. The molecule has 34 heavy (non-hydrogen) atoms. The Hall–Kier alpha value is -3.96. The third-order valence-corrected chi connectivity index (χ3v) is 5.97. The van der Waals surface area contributed by atoms with Gasteiger partial charge in [0.25, 0.3) is 5.91 Å². The number of aromatic nitrogens is 1. The number of nitrogens with zero attached hydrogens (tertiary/aromatic N) is 2. The molecule has 174 valence electrons. The number of pyridine rings is 1. The van der Waals surface area contributed by atoms with E-state index < -0.39 is 27.3 Å². The van der Waals surface area contributed by atoms with Gasteiger partial charge in [-0.25, -0.2) is 9.00 Å². The highest BCUT2D eigenvalue weighted by atomic mass is 32.2. The molecular formula is C26H25N3O4S. The zero-order valence-electron chi connectivity index (χ0n) is 19.4. The summed E-state index contributed by atoms with van der Waals surface area (Å²) in [6.45, 7) is 5.38. The normalized spacial score (nSPS) is 12.5. The van der Waals surface area contributed by atoms with Crippen LogP contribution in [-0.2, 0) is 14.5 Å². The molecule has 0 aliphatic carbocycles. The first-order chi connectivity index (χ1) is 16.0. The molecule has 0 saturated carbocycles. The Bertz CT molecular complexity index is 1370. The lowest BCUT2D eigenvalue weighted by atomic mass is 10.1. The van der Waals surface area contributed by atoms with Gasteiger partial charge in [-0.05, 0) is 63.2 Å². The monoisotopic (exact) mass is 475 g/mol. The predicted octanol–water partition coefficient (Wildman–Crippen LogP) is 5.13. The second-order valence-corrected chi connectivity index (χ2v) is 10.7. The van der Waals surface area contributed by atoms with Crippen LogP contribution in [0.25, 0.3) is 0 Å². The van der Waals surface area contributed by atoms with Crippen molar-refractivity contribution in [2.45, 2.75) is 31.3 Å².